The summed E-state index contributed by atoms with van der Waals surface area (Å²) in [5, 5.41) is 10.1. The monoisotopic (exact) mass is 554 g/mol. The number of hydrogen-bond donors (Lipinski definition) is 1. The van der Waals surface area contributed by atoms with Gasteiger partial charge in [0.2, 0.25) is 11.8 Å². The predicted octanol–water partition coefficient (Wildman–Crippen LogP) is 7.21. The highest BCUT2D eigenvalue weighted by molar-refractivity contribution is 6.00. The van der Waals surface area contributed by atoms with Gasteiger partial charge in [0.05, 0.1) is 13.3 Å². The Morgan fingerprint density at radius 2 is 1.80 bits per heavy atom. The Labute approximate surface area is 234 Å². The molecule has 1 atom stereocenters. The smallest absolute Gasteiger partial charge is 0.223 e. The second-order valence-corrected chi connectivity index (χ2v) is 9.95. The largest absolute Gasteiger partial charge is 0.505 e. The van der Waals surface area contributed by atoms with Crippen LogP contribution in [0.2, 0.25) is 0 Å². The number of phenolic OH excluding ortho intramolecular Hbond substituents is 1. The van der Waals surface area contributed by atoms with Gasteiger partial charge in [-0.1, -0.05) is 25.6 Å². The lowest BCUT2D eigenvalue weighted by atomic mass is 9.88. The summed E-state index contributed by atoms with van der Waals surface area (Å²) < 4.78 is 54.5. The molecule has 1 aliphatic heterocycles. The topological polar surface area (TPSA) is 54.8 Å². The average molecular weight is 555 g/mol. The number of allylic oxidation sites excluding steroid dienone is 1. The van der Waals surface area contributed by atoms with E-state index in [1.54, 1.807) is 18.2 Å². The van der Waals surface area contributed by atoms with E-state index in [2.05, 4.69) is 9.88 Å². The Morgan fingerprint density at radius 1 is 1.02 bits per heavy atom. The molecule has 40 heavy (non-hydrogen) atoms. The van der Waals surface area contributed by atoms with Gasteiger partial charge in [0.1, 0.15) is 11.9 Å². The number of nitrogens with zero attached hydrogens (tertiary/aromatic N) is 2. The van der Waals surface area contributed by atoms with Crippen LogP contribution in [0.5, 0.6) is 17.4 Å². The van der Waals surface area contributed by atoms with Crippen LogP contribution in [0, 0.1) is 11.8 Å². The molecule has 1 N–H and O–H groups in total. The summed E-state index contributed by atoms with van der Waals surface area (Å²) in [4.78, 5) is 6.21. The Balaban J connectivity index is 0.00000370. The molecule has 1 aromatic heterocycles. The minimum Gasteiger partial charge on any atom is -0.505 e. The van der Waals surface area contributed by atoms with Gasteiger partial charge in [-0.05, 0) is 91.1 Å². The molecule has 0 unspecified atom stereocenters. The number of aromatic nitrogens is 1. The van der Waals surface area contributed by atoms with Crippen molar-refractivity contribution in [3.63, 3.8) is 0 Å². The number of aromatic hydroxyl groups is 1. The summed E-state index contributed by atoms with van der Waals surface area (Å²) in [7, 11) is 0. The zero-order valence-electron chi connectivity index (χ0n) is 22.1. The van der Waals surface area contributed by atoms with Crippen molar-refractivity contribution >= 4 is 11.1 Å². The van der Waals surface area contributed by atoms with Gasteiger partial charge in [0.25, 0.3) is 0 Å². The lowest BCUT2D eigenvalue weighted by Gasteiger charge is -2.19. The highest BCUT2D eigenvalue weighted by Crippen LogP contribution is 2.42. The Kier molecular flexibility index (Phi) is 9.74. The number of fused-ring (bicyclic) bond motifs is 1. The molecule has 0 bridgehead atoms. The van der Waals surface area contributed by atoms with E-state index in [0.717, 1.165) is 37.2 Å². The average Bonchev–Trinajstić information content (AvgIpc) is 3.29. The molecule has 0 saturated carbocycles. The van der Waals surface area contributed by atoms with Gasteiger partial charge in [-0.2, -0.15) is 9.37 Å². The summed E-state index contributed by atoms with van der Waals surface area (Å²) in [6.45, 7) is 4.25. The van der Waals surface area contributed by atoms with Gasteiger partial charge in [-0.15, -0.1) is 0 Å². The van der Waals surface area contributed by atoms with Crippen molar-refractivity contribution in [3.8, 4) is 17.4 Å². The van der Waals surface area contributed by atoms with Crippen LogP contribution in [0.4, 0.5) is 13.2 Å². The van der Waals surface area contributed by atoms with Crippen molar-refractivity contribution in [2.75, 3.05) is 32.9 Å². The molecular formula is C32H37F3N2O3. The van der Waals surface area contributed by atoms with E-state index in [0.29, 0.717) is 60.3 Å². The maximum atomic E-state index is 15.3. The van der Waals surface area contributed by atoms with E-state index in [-0.39, 0.29) is 26.1 Å². The predicted molar refractivity (Wildman–Crippen MR) is 152 cm³/mol. The fourth-order valence-corrected chi connectivity index (χ4v) is 5.56. The minimum absolute atomic E-state index is 0. The minimum atomic E-state index is -0.644. The quantitative estimate of drug-likeness (QED) is 0.283. The van der Waals surface area contributed by atoms with Gasteiger partial charge >= 0.3 is 0 Å². The van der Waals surface area contributed by atoms with Gasteiger partial charge in [-0.3, -0.25) is 9.29 Å². The molecule has 5 rings (SSSR count). The number of likely N-dealkylation sites (tertiary alicyclic amines) is 1. The first-order valence-electron chi connectivity index (χ1n) is 13.6. The van der Waals surface area contributed by atoms with E-state index < -0.39 is 17.5 Å². The summed E-state index contributed by atoms with van der Waals surface area (Å²) in [6.07, 6.45) is 2.94. The maximum absolute atomic E-state index is 15.3. The molecule has 1 fully saturated rings. The molecule has 2 heterocycles. The zero-order chi connectivity index (χ0) is 27.4. The molecule has 1 aliphatic carbocycles. The first kappa shape index (κ1) is 29.5. The van der Waals surface area contributed by atoms with Gasteiger partial charge in [0.15, 0.2) is 11.6 Å². The highest BCUT2D eigenvalue weighted by atomic mass is 19.1. The molecule has 1 saturated heterocycles. The molecule has 2 aromatic carbocycles. The second kappa shape index (κ2) is 13.2. The highest BCUT2D eigenvalue weighted by Gasteiger charge is 2.26. The molecular weight excluding hydrogens is 517 g/mol. The van der Waals surface area contributed by atoms with E-state index in [4.69, 9.17) is 9.47 Å². The molecule has 0 spiro atoms. The van der Waals surface area contributed by atoms with Crippen LogP contribution in [-0.4, -0.2) is 54.0 Å². The lowest BCUT2D eigenvalue weighted by molar-refractivity contribution is 0.198. The Morgan fingerprint density at radius 3 is 2.52 bits per heavy atom. The molecule has 214 valence electrons. The summed E-state index contributed by atoms with van der Waals surface area (Å²) in [6, 6.07) is 13.9. The van der Waals surface area contributed by atoms with Crippen LogP contribution in [-0.2, 0) is 6.42 Å². The van der Waals surface area contributed by atoms with Gasteiger partial charge in [0, 0.05) is 31.3 Å². The first-order chi connectivity index (χ1) is 19.0. The Hall–Kier alpha value is -3.52. The van der Waals surface area contributed by atoms with E-state index >= 15 is 8.78 Å². The van der Waals surface area contributed by atoms with Crippen LogP contribution >= 0.6 is 0 Å². The molecule has 3 aromatic rings. The number of hydrogen-bond acceptors (Lipinski definition) is 5. The third-order valence-corrected chi connectivity index (χ3v) is 7.37. The zero-order valence-corrected chi connectivity index (χ0v) is 22.1. The molecule has 0 amide bonds. The molecule has 2 aliphatic rings. The standard InChI is InChI=1S/C31H33F3N2O3.CH4/c1-2-38-28-14-12-26(31(34)35-28)23-5-3-6-25-24(11-13-27(37)30(25)33)29(23)20-7-9-21(10-8-20)39-22-15-18-36(19-22)17-4-16-32;/h7-14,22,37H,2-6,15-19H2,1H3;1H4/t22-;/m0./s1. The van der Waals surface area contributed by atoms with E-state index in [9.17, 15) is 9.50 Å². The number of ether oxygens (including phenoxy) is 2. The van der Waals surface area contributed by atoms with Crippen LogP contribution in [0.15, 0.2) is 48.5 Å². The third kappa shape index (κ3) is 6.28. The van der Waals surface area contributed by atoms with Crippen molar-refractivity contribution in [3.05, 3.63) is 82.5 Å². The van der Waals surface area contributed by atoms with Crippen molar-refractivity contribution in [1.82, 2.24) is 9.88 Å². The third-order valence-electron chi connectivity index (χ3n) is 7.37. The summed E-state index contributed by atoms with van der Waals surface area (Å²) in [5.41, 5.74) is 3.60. The van der Waals surface area contributed by atoms with Crippen LogP contribution in [0.25, 0.3) is 11.1 Å². The van der Waals surface area contributed by atoms with Crippen molar-refractivity contribution < 1.29 is 27.8 Å². The summed E-state index contributed by atoms with van der Waals surface area (Å²) >= 11 is 0. The van der Waals surface area contributed by atoms with Crippen molar-refractivity contribution in [2.24, 2.45) is 0 Å². The summed E-state index contributed by atoms with van der Waals surface area (Å²) in [5.74, 6) is -0.767. The lowest BCUT2D eigenvalue weighted by Crippen LogP contribution is -2.26. The normalized spacial score (nSPS) is 17.2. The van der Waals surface area contributed by atoms with Crippen molar-refractivity contribution in [1.29, 1.82) is 0 Å². The van der Waals surface area contributed by atoms with Crippen LogP contribution in [0.3, 0.4) is 0 Å². The number of alkyl halides is 1. The first-order valence-corrected chi connectivity index (χ1v) is 13.6. The molecule has 5 nitrogen and oxygen atoms in total. The SMILES string of the molecule is C.CCOc1ccc(C2=C(c3ccc(O[C@H]4CCN(CCCF)C4)cc3)c3ccc(O)c(F)c3CCC2)c(F)n1. The van der Waals surface area contributed by atoms with E-state index in [1.165, 1.54) is 6.07 Å². The fourth-order valence-electron chi connectivity index (χ4n) is 5.56. The molecule has 8 heteroatoms. The van der Waals surface area contributed by atoms with Crippen molar-refractivity contribution in [2.45, 2.75) is 52.6 Å². The maximum Gasteiger partial charge on any atom is 0.223 e. The molecule has 0 radical (unpaired) electrons. The van der Waals surface area contributed by atoms with Crippen LogP contribution in [0.1, 0.15) is 62.3 Å². The number of rotatable bonds is 9. The number of halogens is 3. The van der Waals surface area contributed by atoms with E-state index in [1.807, 2.05) is 31.2 Å². The Bertz CT molecular complexity index is 1340. The number of benzene rings is 2. The fraction of sp³-hybridized carbons (Fsp3) is 0.406. The van der Waals surface area contributed by atoms with Gasteiger partial charge < -0.3 is 14.6 Å². The second-order valence-electron chi connectivity index (χ2n) is 9.95. The number of pyridine rings is 1. The van der Waals surface area contributed by atoms with Crippen LogP contribution < -0.4 is 9.47 Å². The van der Waals surface area contributed by atoms with Gasteiger partial charge in [-0.25, -0.2) is 4.39 Å². The number of phenols is 1.